The van der Waals surface area contributed by atoms with E-state index in [1.54, 1.807) is 24.6 Å². The maximum Gasteiger partial charge on any atom is 0.377 e. The molecule has 1 aromatic carbocycles. The highest BCUT2D eigenvalue weighted by molar-refractivity contribution is 9.10. The molecule has 0 fully saturated rings. The summed E-state index contributed by atoms with van der Waals surface area (Å²) in [5, 5.41) is 11.6. The van der Waals surface area contributed by atoms with Gasteiger partial charge in [-0.3, -0.25) is 5.43 Å². The monoisotopic (exact) mass is 394 g/mol. The van der Waals surface area contributed by atoms with E-state index in [9.17, 15) is 4.79 Å². The summed E-state index contributed by atoms with van der Waals surface area (Å²) < 4.78 is 5.70. The molecule has 0 bridgehead atoms. The Morgan fingerprint density at radius 2 is 2.09 bits per heavy atom. The second-order valence-corrected chi connectivity index (χ2v) is 6.22. The SMILES string of the molecule is COC(=O)/C(=N/Nc1ccc(Br)cc1)N(C)/N=C/c1cccs1. The maximum atomic E-state index is 11.9. The second-order valence-electron chi connectivity index (χ2n) is 4.33. The first-order chi connectivity index (χ1) is 11.1. The average Bonchev–Trinajstić information content (AvgIpc) is 3.08. The lowest BCUT2D eigenvalue weighted by Crippen LogP contribution is -2.31. The van der Waals surface area contributed by atoms with E-state index < -0.39 is 5.97 Å². The fraction of sp³-hybridized carbons (Fsp3) is 0.133. The van der Waals surface area contributed by atoms with Crippen LogP contribution >= 0.6 is 27.3 Å². The summed E-state index contributed by atoms with van der Waals surface area (Å²) in [6.07, 6.45) is 1.66. The number of methoxy groups -OCH3 is 1. The van der Waals surface area contributed by atoms with Crippen molar-refractivity contribution in [3.05, 3.63) is 51.1 Å². The van der Waals surface area contributed by atoms with Crippen LogP contribution in [0.25, 0.3) is 0 Å². The molecule has 1 N–H and O–H groups in total. The summed E-state index contributed by atoms with van der Waals surface area (Å²) >= 11 is 4.91. The molecule has 120 valence electrons. The van der Waals surface area contributed by atoms with Crippen LogP contribution in [-0.4, -0.2) is 37.2 Å². The number of nitrogens with zero attached hydrogens (tertiary/aromatic N) is 3. The number of carbonyl (C=O) groups excluding carboxylic acids is 1. The van der Waals surface area contributed by atoms with E-state index in [0.29, 0.717) is 0 Å². The largest absolute Gasteiger partial charge is 0.463 e. The summed E-state index contributed by atoms with van der Waals surface area (Å²) in [5.41, 5.74) is 3.56. The van der Waals surface area contributed by atoms with E-state index in [1.165, 1.54) is 12.1 Å². The van der Waals surface area contributed by atoms with E-state index in [0.717, 1.165) is 15.0 Å². The third-order valence-electron chi connectivity index (χ3n) is 2.71. The van der Waals surface area contributed by atoms with Gasteiger partial charge >= 0.3 is 5.97 Å². The van der Waals surface area contributed by atoms with Gasteiger partial charge in [-0.05, 0) is 35.7 Å². The first kappa shape index (κ1) is 17.2. The van der Waals surface area contributed by atoms with Crippen LogP contribution in [0.1, 0.15) is 4.88 Å². The van der Waals surface area contributed by atoms with Crippen LogP contribution in [0.4, 0.5) is 5.69 Å². The van der Waals surface area contributed by atoms with Crippen LogP contribution in [0.3, 0.4) is 0 Å². The lowest BCUT2D eigenvalue weighted by Gasteiger charge is -2.13. The van der Waals surface area contributed by atoms with E-state index in [4.69, 9.17) is 4.74 Å². The number of esters is 1. The third-order valence-corrected chi connectivity index (χ3v) is 4.05. The molecule has 2 aromatic rings. The number of hydrazone groups is 2. The predicted molar refractivity (Wildman–Crippen MR) is 96.9 cm³/mol. The number of nitrogens with one attached hydrogen (secondary N) is 1. The van der Waals surface area contributed by atoms with Crippen LogP contribution in [-0.2, 0) is 9.53 Å². The maximum absolute atomic E-state index is 11.9. The van der Waals surface area contributed by atoms with Gasteiger partial charge in [-0.15, -0.1) is 16.4 Å². The van der Waals surface area contributed by atoms with E-state index in [-0.39, 0.29) is 5.84 Å². The number of halogens is 1. The molecular weight excluding hydrogens is 380 g/mol. The predicted octanol–water partition coefficient (Wildman–Crippen LogP) is 3.37. The number of hydrogen-bond acceptors (Lipinski definition) is 6. The highest BCUT2D eigenvalue weighted by Crippen LogP contribution is 2.14. The van der Waals surface area contributed by atoms with Gasteiger partial charge in [0.05, 0.1) is 19.0 Å². The normalized spacial score (nSPS) is 11.5. The van der Waals surface area contributed by atoms with Gasteiger partial charge in [0.25, 0.3) is 5.84 Å². The molecule has 2 rings (SSSR count). The molecule has 0 aliphatic heterocycles. The van der Waals surface area contributed by atoms with Gasteiger partial charge in [-0.2, -0.15) is 5.10 Å². The molecule has 0 radical (unpaired) electrons. The summed E-state index contributed by atoms with van der Waals surface area (Å²) in [5.74, 6) is -0.538. The van der Waals surface area contributed by atoms with Crippen molar-refractivity contribution in [1.82, 2.24) is 5.01 Å². The van der Waals surface area contributed by atoms with Gasteiger partial charge in [0.1, 0.15) is 0 Å². The van der Waals surface area contributed by atoms with Crippen molar-refractivity contribution in [2.24, 2.45) is 10.2 Å². The minimum atomic E-state index is -0.583. The molecule has 1 heterocycles. The summed E-state index contributed by atoms with van der Waals surface area (Å²) in [7, 11) is 2.93. The van der Waals surface area contributed by atoms with Gasteiger partial charge < -0.3 is 4.74 Å². The molecule has 0 spiro atoms. The first-order valence-electron chi connectivity index (χ1n) is 6.59. The lowest BCUT2D eigenvalue weighted by atomic mass is 10.3. The van der Waals surface area contributed by atoms with E-state index >= 15 is 0 Å². The molecule has 8 heteroatoms. The van der Waals surface area contributed by atoms with Gasteiger partial charge in [0, 0.05) is 16.4 Å². The van der Waals surface area contributed by atoms with Crippen molar-refractivity contribution < 1.29 is 9.53 Å². The molecule has 6 nitrogen and oxygen atoms in total. The molecule has 0 saturated heterocycles. The van der Waals surface area contributed by atoms with Gasteiger partial charge in [-0.1, -0.05) is 22.0 Å². The van der Waals surface area contributed by atoms with Crippen LogP contribution in [0, 0.1) is 0 Å². The number of hydrogen-bond donors (Lipinski definition) is 1. The molecule has 0 atom stereocenters. The highest BCUT2D eigenvalue weighted by atomic mass is 79.9. The number of ether oxygens (including phenoxy) is 1. The summed E-state index contributed by atoms with van der Waals surface area (Å²) in [4.78, 5) is 12.9. The third kappa shape index (κ3) is 5.19. The van der Waals surface area contributed by atoms with E-state index in [2.05, 4.69) is 31.6 Å². The Morgan fingerprint density at radius 3 is 2.70 bits per heavy atom. The Hall–Kier alpha value is -2.19. The molecule has 1 aromatic heterocycles. The molecule has 23 heavy (non-hydrogen) atoms. The highest BCUT2D eigenvalue weighted by Gasteiger charge is 2.16. The van der Waals surface area contributed by atoms with Crippen LogP contribution < -0.4 is 5.43 Å². The smallest absolute Gasteiger partial charge is 0.377 e. The minimum Gasteiger partial charge on any atom is -0.463 e. The molecule has 0 amide bonds. The van der Waals surface area contributed by atoms with Crippen molar-refractivity contribution in [3.8, 4) is 0 Å². The molecular formula is C15H15BrN4O2S. The Morgan fingerprint density at radius 1 is 1.35 bits per heavy atom. The number of thiophene rings is 1. The van der Waals surface area contributed by atoms with Crippen molar-refractivity contribution in [1.29, 1.82) is 0 Å². The van der Waals surface area contributed by atoms with Gasteiger partial charge in [-0.25, -0.2) is 9.80 Å². The van der Waals surface area contributed by atoms with Crippen molar-refractivity contribution in [3.63, 3.8) is 0 Å². The fourth-order valence-corrected chi connectivity index (χ4v) is 2.39. The standard InChI is InChI=1S/C15H15BrN4O2S/c1-20(17-10-13-4-3-9-23-13)14(15(21)22-2)19-18-12-7-5-11(16)6-8-12/h3-10,18H,1-2H3/b17-10+,19-14-. The molecule has 0 aliphatic rings. The number of benzene rings is 1. The zero-order chi connectivity index (χ0) is 16.7. The van der Waals surface area contributed by atoms with Gasteiger partial charge in [0.2, 0.25) is 0 Å². The number of rotatable bonds is 4. The minimum absolute atomic E-state index is 0.0447. The molecule has 0 aliphatic carbocycles. The quantitative estimate of drug-likeness (QED) is 0.373. The van der Waals surface area contributed by atoms with Crippen LogP contribution in [0.5, 0.6) is 0 Å². The Bertz CT molecular complexity index is 699. The zero-order valence-electron chi connectivity index (χ0n) is 12.6. The first-order valence-corrected chi connectivity index (χ1v) is 8.26. The van der Waals surface area contributed by atoms with Crippen LogP contribution in [0.15, 0.2) is 56.5 Å². The number of amidine groups is 1. The van der Waals surface area contributed by atoms with Crippen LogP contribution in [0.2, 0.25) is 0 Å². The molecule has 0 saturated carbocycles. The fourth-order valence-electron chi connectivity index (χ4n) is 1.55. The lowest BCUT2D eigenvalue weighted by molar-refractivity contribution is -0.133. The number of carbonyl (C=O) groups is 1. The van der Waals surface area contributed by atoms with Gasteiger partial charge in [0.15, 0.2) is 0 Å². The van der Waals surface area contributed by atoms with Crippen molar-refractivity contribution in [2.75, 3.05) is 19.6 Å². The number of likely N-dealkylation sites (N-methyl/N-ethyl adjacent to an activating group) is 1. The Kier molecular flexibility index (Phi) is 6.30. The van der Waals surface area contributed by atoms with E-state index in [1.807, 2.05) is 41.8 Å². The molecule has 0 unspecified atom stereocenters. The average molecular weight is 395 g/mol. The second kappa shape index (κ2) is 8.44. The topological polar surface area (TPSA) is 66.3 Å². The number of anilines is 1. The van der Waals surface area contributed by atoms with Crippen molar-refractivity contribution >= 4 is 51.0 Å². The zero-order valence-corrected chi connectivity index (χ0v) is 15.0. The summed E-state index contributed by atoms with van der Waals surface area (Å²) in [6, 6.07) is 11.3. The Labute approximate surface area is 146 Å². The van der Waals surface area contributed by atoms with Crippen molar-refractivity contribution in [2.45, 2.75) is 0 Å². The Balaban J connectivity index is 2.13. The summed E-state index contributed by atoms with van der Waals surface area (Å²) in [6.45, 7) is 0.